The second-order valence-corrected chi connectivity index (χ2v) is 4.86. The molecule has 3 aromatic rings. The van der Waals surface area contributed by atoms with Gasteiger partial charge in [0.1, 0.15) is 5.75 Å². The Balaban J connectivity index is 1.94. The molecule has 1 aromatic heterocycles. The van der Waals surface area contributed by atoms with E-state index in [0.717, 1.165) is 16.8 Å². The molecule has 0 saturated carbocycles. The number of aryl methyl sites for hydroxylation is 1. The van der Waals surface area contributed by atoms with Crippen LogP contribution in [0.25, 0.3) is 11.0 Å². The predicted molar refractivity (Wildman–Crippen MR) is 80.7 cm³/mol. The van der Waals surface area contributed by atoms with Gasteiger partial charge in [0.15, 0.2) is 6.23 Å². The zero-order chi connectivity index (χ0) is 14.1. The third-order valence-electron chi connectivity index (χ3n) is 3.31. The van der Waals surface area contributed by atoms with Crippen LogP contribution in [0.3, 0.4) is 0 Å². The van der Waals surface area contributed by atoms with Gasteiger partial charge in [-0.05, 0) is 38.1 Å². The van der Waals surface area contributed by atoms with Crippen LogP contribution in [0.15, 0.2) is 48.5 Å². The summed E-state index contributed by atoms with van der Waals surface area (Å²) in [5, 5.41) is 0. The molecule has 1 unspecified atom stereocenters. The van der Waals surface area contributed by atoms with E-state index in [1.54, 1.807) is 0 Å². The topological polar surface area (TPSA) is 53.1 Å². The van der Waals surface area contributed by atoms with Gasteiger partial charge in [0, 0.05) is 0 Å². The van der Waals surface area contributed by atoms with Gasteiger partial charge >= 0.3 is 0 Å². The van der Waals surface area contributed by atoms with E-state index in [0.29, 0.717) is 5.95 Å². The molecule has 2 aromatic carbocycles. The predicted octanol–water partition coefficient (Wildman–Crippen LogP) is 3.52. The van der Waals surface area contributed by atoms with Crippen LogP contribution in [-0.4, -0.2) is 9.55 Å². The number of rotatable bonds is 3. The van der Waals surface area contributed by atoms with Gasteiger partial charge in [-0.3, -0.25) is 4.57 Å². The molecule has 0 bridgehead atoms. The molecule has 0 aliphatic carbocycles. The summed E-state index contributed by atoms with van der Waals surface area (Å²) in [7, 11) is 0. The Morgan fingerprint density at radius 3 is 2.55 bits per heavy atom. The first kappa shape index (κ1) is 12.5. The molecule has 1 heterocycles. The van der Waals surface area contributed by atoms with Crippen LogP contribution < -0.4 is 10.5 Å². The van der Waals surface area contributed by atoms with Crippen LogP contribution in [0, 0.1) is 6.92 Å². The molecular weight excluding hydrogens is 250 g/mol. The Hall–Kier alpha value is -2.49. The van der Waals surface area contributed by atoms with E-state index in [4.69, 9.17) is 10.5 Å². The monoisotopic (exact) mass is 267 g/mol. The zero-order valence-electron chi connectivity index (χ0n) is 11.6. The third kappa shape index (κ3) is 2.20. The maximum Gasteiger partial charge on any atom is 0.204 e. The summed E-state index contributed by atoms with van der Waals surface area (Å²) in [4.78, 5) is 4.35. The molecule has 0 aliphatic heterocycles. The molecule has 2 N–H and O–H groups in total. The lowest BCUT2D eigenvalue weighted by molar-refractivity contribution is 0.159. The second-order valence-electron chi connectivity index (χ2n) is 4.86. The van der Waals surface area contributed by atoms with Crippen LogP contribution in [0.1, 0.15) is 18.7 Å². The Bertz CT molecular complexity index is 731. The van der Waals surface area contributed by atoms with Gasteiger partial charge in [-0.15, -0.1) is 0 Å². The number of hydrogen-bond acceptors (Lipinski definition) is 3. The van der Waals surface area contributed by atoms with Gasteiger partial charge < -0.3 is 10.5 Å². The van der Waals surface area contributed by atoms with E-state index < -0.39 is 0 Å². The normalized spacial score (nSPS) is 12.5. The van der Waals surface area contributed by atoms with Gasteiger partial charge in [0.2, 0.25) is 5.95 Å². The number of para-hydroxylation sites is 2. The number of nitrogens with zero attached hydrogens (tertiary/aromatic N) is 2. The molecule has 3 rings (SSSR count). The number of nitrogens with two attached hydrogens (primary N) is 1. The first-order valence-corrected chi connectivity index (χ1v) is 6.61. The Morgan fingerprint density at radius 2 is 1.80 bits per heavy atom. The number of benzene rings is 2. The van der Waals surface area contributed by atoms with Crippen LogP contribution in [0.2, 0.25) is 0 Å². The number of imidazole rings is 1. The average molecular weight is 267 g/mol. The maximum atomic E-state index is 6.00. The van der Waals surface area contributed by atoms with Crippen molar-refractivity contribution in [1.29, 1.82) is 0 Å². The summed E-state index contributed by atoms with van der Waals surface area (Å²) in [5.41, 5.74) is 9.07. The maximum absolute atomic E-state index is 6.00. The average Bonchev–Trinajstić information content (AvgIpc) is 2.77. The minimum atomic E-state index is -0.217. The molecular formula is C16H17N3O. The highest BCUT2D eigenvalue weighted by molar-refractivity contribution is 5.78. The Morgan fingerprint density at radius 1 is 1.10 bits per heavy atom. The number of hydrogen-bond donors (Lipinski definition) is 1. The quantitative estimate of drug-likeness (QED) is 0.790. The summed E-state index contributed by atoms with van der Waals surface area (Å²) < 4.78 is 7.84. The molecule has 0 spiro atoms. The van der Waals surface area contributed by atoms with Crippen molar-refractivity contribution in [2.75, 3.05) is 5.73 Å². The number of anilines is 1. The zero-order valence-corrected chi connectivity index (χ0v) is 11.6. The van der Waals surface area contributed by atoms with E-state index in [9.17, 15) is 0 Å². The summed E-state index contributed by atoms with van der Waals surface area (Å²) in [6.07, 6.45) is -0.217. The molecule has 1 atom stereocenters. The van der Waals surface area contributed by atoms with Crippen molar-refractivity contribution in [3.05, 3.63) is 54.1 Å². The van der Waals surface area contributed by atoms with Gasteiger partial charge in [0.05, 0.1) is 11.0 Å². The first-order valence-electron chi connectivity index (χ1n) is 6.61. The van der Waals surface area contributed by atoms with Crippen LogP contribution >= 0.6 is 0 Å². The highest BCUT2D eigenvalue weighted by atomic mass is 16.5. The largest absolute Gasteiger partial charge is 0.470 e. The molecule has 0 amide bonds. The van der Waals surface area contributed by atoms with Crippen LogP contribution in [0.4, 0.5) is 5.95 Å². The first-order chi connectivity index (χ1) is 9.65. The lowest BCUT2D eigenvalue weighted by atomic mass is 10.2. The number of fused-ring (bicyclic) bond motifs is 1. The molecule has 0 fully saturated rings. The fourth-order valence-electron chi connectivity index (χ4n) is 2.31. The molecule has 20 heavy (non-hydrogen) atoms. The van der Waals surface area contributed by atoms with E-state index >= 15 is 0 Å². The van der Waals surface area contributed by atoms with Crippen molar-refractivity contribution in [3.8, 4) is 5.75 Å². The minimum absolute atomic E-state index is 0.217. The van der Waals surface area contributed by atoms with Gasteiger partial charge in [-0.1, -0.05) is 29.8 Å². The SMILES string of the molecule is Cc1ccc(OC(C)n2c(N)nc3ccccc32)cc1. The van der Waals surface area contributed by atoms with Crippen molar-refractivity contribution in [3.63, 3.8) is 0 Å². The molecule has 0 radical (unpaired) electrons. The van der Waals surface area contributed by atoms with Crippen LogP contribution in [-0.2, 0) is 0 Å². The van der Waals surface area contributed by atoms with Crippen molar-refractivity contribution in [2.24, 2.45) is 0 Å². The number of nitrogen functional groups attached to an aromatic ring is 1. The Labute approximate surface area is 117 Å². The van der Waals surface area contributed by atoms with Gasteiger partial charge in [0.25, 0.3) is 0 Å². The van der Waals surface area contributed by atoms with Crippen molar-refractivity contribution < 1.29 is 4.74 Å². The molecule has 4 nitrogen and oxygen atoms in total. The summed E-state index contributed by atoms with van der Waals surface area (Å²) in [6, 6.07) is 15.8. The molecule has 0 aliphatic rings. The molecule has 4 heteroatoms. The highest BCUT2D eigenvalue weighted by Gasteiger charge is 2.14. The van der Waals surface area contributed by atoms with Crippen LogP contribution in [0.5, 0.6) is 5.75 Å². The van der Waals surface area contributed by atoms with Gasteiger partial charge in [-0.2, -0.15) is 0 Å². The van der Waals surface area contributed by atoms with E-state index in [-0.39, 0.29) is 6.23 Å². The molecule has 0 saturated heterocycles. The standard InChI is InChI=1S/C16H17N3O/c1-11-7-9-13(10-8-11)20-12(2)19-15-6-4-3-5-14(15)18-16(19)17/h3-10,12H,1-2H3,(H2,17,18). The summed E-state index contributed by atoms with van der Waals surface area (Å²) in [6.45, 7) is 4.01. The fraction of sp³-hybridized carbons (Fsp3) is 0.188. The van der Waals surface area contributed by atoms with Crippen molar-refractivity contribution in [2.45, 2.75) is 20.1 Å². The number of aromatic nitrogens is 2. The fourth-order valence-corrected chi connectivity index (χ4v) is 2.31. The summed E-state index contributed by atoms with van der Waals surface area (Å²) >= 11 is 0. The van der Waals surface area contributed by atoms with E-state index in [2.05, 4.69) is 11.9 Å². The lowest BCUT2D eigenvalue weighted by Gasteiger charge is -2.18. The second kappa shape index (κ2) is 4.89. The van der Waals surface area contributed by atoms with Crippen molar-refractivity contribution >= 4 is 17.0 Å². The van der Waals surface area contributed by atoms with E-state index in [1.165, 1.54) is 5.56 Å². The third-order valence-corrected chi connectivity index (χ3v) is 3.31. The summed E-state index contributed by atoms with van der Waals surface area (Å²) in [5.74, 6) is 1.28. The van der Waals surface area contributed by atoms with Crippen molar-refractivity contribution in [1.82, 2.24) is 9.55 Å². The molecule has 102 valence electrons. The minimum Gasteiger partial charge on any atom is -0.470 e. The lowest BCUT2D eigenvalue weighted by Crippen LogP contribution is -2.14. The highest BCUT2D eigenvalue weighted by Crippen LogP contribution is 2.25. The smallest absolute Gasteiger partial charge is 0.204 e. The Kier molecular flexibility index (Phi) is 3.06. The number of ether oxygens (including phenoxy) is 1. The van der Waals surface area contributed by atoms with E-state index in [1.807, 2.05) is 60.0 Å². The van der Waals surface area contributed by atoms with Gasteiger partial charge in [-0.25, -0.2) is 4.98 Å².